The van der Waals surface area contributed by atoms with Crippen molar-refractivity contribution in [1.29, 1.82) is 0 Å². The number of amides is 3. The van der Waals surface area contributed by atoms with Gasteiger partial charge in [-0.3, -0.25) is 14.4 Å². The average Bonchev–Trinajstić information content (AvgIpc) is 2.77. The first-order valence-electron chi connectivity index (χ1n) is 10.7. The van der Waals surface area contributed by atoms with Crippen molar-refractivity contribution in [3.8, 4) is 0 Å². The number of carboxylic acids is 1. The minimum Gasteiger partial charge on any atom is -0.480 e. The highest BCUT2D eigenvalue weighted by atomic mass is 35.5. The fourth-order valence-electron chi connectivity index (χ4n) is 3.40. The summed E-state index contributed by atoms with van der Waals surface area (Å²) in [5.74, 6) is -2.36. The third-order valence-electron chi connectivity index (χ3n) is 5.12. The van der Waals surface area contributed by atoms with Crippen molar-refractivity contribution in [3.05, 3.63) is 58.1 Å². The van der Waals surface area contributed by atoms with Crippen LogP contribution in [-0.4, -0.2) is 41.4 Å². The third-order valence-corrected chi connectivity index (χ3v) is 5.63. The number of aliphatic carboxylic acids is 1. The fourth-order valence-corrected chi connectivity index (χ4v) is 4.02. The zero-order valence-electron chi connectivity index (χ0n) is 18.9. The molecule has 0 fully saturated rings. The monoisotopic (exact) mass is 518 g/mol. The van der Waals surface area contributed by atoms with E-state index in [1.54, 1.807) is 44.2 Å². The van der Waals surface area contributed by atoms with Crippen LogP contribution >= 0.6 is 23.2 Å². The zero-order valence-corrected chi connectivity index (χ0v) is 20.5. The van der Waals surface area contributed by atoms with Crippen LogP contribution in [0.3, 0.4) is 0 Å². The van der Waals surface area contributed by atoms with Crippen LogP contribution in [0.1, 0.15) is 25.8 Å². The smallest absolute Gasteiger partial charge is 0.326 e. The molecule has 0 aliphatic carbocycles. The Balaban J connectivity index is 1.68. The van der Waals surface area contributed by atoms with Crippen molar-refractivity contribution in [2.45, 2.75) is 26.3 Å². The summed E-state index contributed by atoms with van der Waals surface area (Å²) >= 11 is 12.4. The van der Waals surface area contributed by atoms with E-state index in [0.717, 1.165) is 0 Å². The van der Waals surface area contributed by atoms with Gasteiger partial charge in [-0.25, -0.2) is 4.79 Å². The van der Waals surface area contributed by atoms with E-state index in [1.165, 1.54) is 12.1 Å². The SMILES string of the molecule is CC(C)C(=O)NCC(=O)Nc1ccc(NC(=O)/C=C2\CC(C(=O)O)Nc3cc(Cl)cc(Cl)c32)cc1. The molecule has 2 aromatic carbocycles. The van der Waals surface area contributed by atoms with Crippen molar-refractivity contribution in [2.24, 2.45) is 5.92 Å². The van der Waals surface area contributed by atoms with Gasteiger partial charge in [0.2, 0.25) is 17.7 Å². The van der Waals surface area contributed by atoms with Crippen LogP contribution in [0.15, 0.2) is 42.5 Å². The molecule has 184 valence electrons. The highest BCUT2D eigenvalue weighted by molar-refractivity contribution is 6.36. The molecule has 35 heavy (non-hydrogen) atoms. The van der Waals surface area contributed by atoms with E-state index in [4.69, 9.17) is 23.2 Å². The van der Waals surface area contributed by atoms with Crippen molar-refractivity contribution in [2.75, 3.05) is 22.5 Å². The lowest BCUT2D eigenvalue weighted by Crippen LogP contribution is -2.35. The minimum absolute atomic E-state index is 0.0510. The Kier molecular flexibility index (Phi) is 8.37. The number of benzene rings is 2. The van der Waals surface area contributed by atoms with E-state index >= 15 is 0 Å². The minimum atomic E-state index is -1.07. The molecule has 9 nitrogen and oxygen atoms in total. The van der Waals surface area contributed by atoms with E-state index in [-0.39, 0.29) is 30.7 Å². The maximum absolute atomic E-state index is 12.7. The predicted molar refractivity (Wildman–Crippen MR) is 136 cm³/mol. The van der Waals surface area contributed by atoms with Crippen LogP contribution < -0.4 is 21.3 Å². The van der Waals surface area contributed by atoms with Gasteiger partial charge in [-0.05, 0) is 42.0 Å². The van der Waals surface area contributed by atoms with Crippen molar-refractivity contribution in [3.63, 3.8) is 0 Å². The topological polar surface area (TPSA) is 137 Å². The zero-order chi connectivity index (χ0) is 25.7. The molecule has 3 amide bonds. The second-order valence-electron chi connectivity index (χ2n) is 8.21. The largest absolute Gasteiger partial charge is 0.480 e. The molecule has 1 atom stereocenters. The molecule has 11 heteroatoms. The van der Waals surface area contributed by atoms with Crippen LogP contribution in [-0.2, 0) is 19.2 Å². The van der Waals surface area contributed by atoms with Gasteiger partial charge in [-0.15, -0.1) is 0 Å². The summed E-state index contributed by atoms with van der Waals surface area (Å²) in [6.45, 7) is 3.31. The van der Waals surface area contributed by atoms with Crippen molar-refractivity contribution < 1.29 is 24.3 Å². The third kappa shape index (κ3) is 6.97. The summed E-state index contributed by atoms with van der Waals surface area (Å²) < 4.78 is 0. The number of carbonyl (C=O) groups is 4. The fraction of sp³-hybridized carbons (Fsp3) is 0.250. The number of hydrogen-bond donors (Lipinski definition) is 5. The summed E-state index contributed by atoms with van der Waals surface area (Å²) in [7, 11) is 0. The van der Waals surface area contributed by atoms with Gasteiger partial charge in [0, 0.05) is 46.1 Å². The highest BCUT2D eigenvalue weighted by Crippen LogP contribution is 2.40. The van der Waals surface area contributed by atoms with E-state index in [0.29, 0.717) is 38.2 Å². The van der Waals surface area contributed by atoms with Gasteiger partial charge < -0.3 is 26.4 Å². The highest BCUT2D eigenvalue weighted by Gasteiger charge is 2.29. The second kappa shape index (κ2) is 11.2. The van der Waals surface area contributed by atoms with Crippen molar-refractivity contribution in [1.82, 2.24) is 5.32 Å². The summed E-state index contributed by atoms with van der Waals surface area (Å²) in [6.07, 6.45) is 1.36. The van der Waals surface area contributed by atoms with Crippen LogP contribution in [0.25, 0.3) is 5.57 Å². The normalized spacial score (nSPS) is 15.7. The number of halogens is 2. The molecule has 0 bridgehead atoms. The first-order chi connectivity index (χ1) is 16.5. The first kappa shape index (κ1) is 26.1. The number of carbonyl (C=O) groups excluding carboxylic acids is 3. The second-order valence-corrected chi connectivity index (χ2v) is 9.05. The molecule has 1 heterocycles. The Morgan fingerprint density at radius 1 is 1.09 bits per heavy atom. The summed E-state index contributed by atoms with van der Waals surface area (Å²) in [5.41, 5.74) is 2.36. The first-order valence-corrected chi connectivity index (χ1v) is 11.5. The molecule has 0 saturated carbocycles. The van der Waals surface area contributed by atoms with Crippen molar-refractivity contribution >= 4 is 69.5 Å². The number of rotatable bonds is 7. The Morgan fingerprint density at radius 2 is 1.71 bits per heavy atom. The van der Waals surface area contributed by atoms with Gasteiger partial charge in [0.15, 0.2) is 0 Å². The molecule has 5 N–H and O–H groups in total. The van der Waals surface area contributed by atoms with Crippen LogP contribution in [0.5, 0.6) is 0 Å². The number of carboxylic acid groups (broad SMARTS) is 1. The molecule has 1 aliphatic rings. The van der Waals surface area contributed by atoms with E-state index < -0.39 is 17.9 Å². The number of fused-ring (bicyclic) bond motifs is 1. The quantitative estimate of drug-likeness (QED) is 0.351. The Hall–Kier alpha value is -3.56. The Labute approximate surface area is 211 Å². The molecule has 0 spiro atoms. The number of anilines is 3. The Bertz CT molecular complexity index is 1200. The number of hydrogen-bond acceptors (Lipinski definition) is 5. The summed E-state index contributed by atoms with van der Waals surface area (Å²) in [4.78, 5) is 47.8. The summed E-state index contributed by atoms with van der Waals surface area (Å²) in [6, 6.07) is 8.55. The average molecular weight is 519 g/mol. The predicted octanol–water partition coefficient (Wildman–Crippen LogP) is 4.00. The molecular weight excluding hydrogens is 495 g/mol. The molecule has 0 radical (unpaired) electrons. The molecule has 2 aromatic rings. The van der Waals surface area contributed by atoms with E-state index in [1.807, 2.05) is 0 Å². The van der Waals surface area contributed by atoms with Crippen LogP contribution in [0.2, 0.25) is 10.0 Å². The van der Waals surface area contributed by atoms with Crippen LogP contribution in [0, 0.1) is 5.92 Å². The molecule has 0 saturated heterocycles. The summed E-state index contributed by atoms with van der Waals surface area (Å²) in [5, 5.41) is 20.9. The van der Waals surface area contributed by atoms with Gasteiger partial charge in [0.25, 0.3) is 0 Å². The lowest BCUT2D eigenvalue weighted by Gasteiger charge is -2.27. The molecule has 3 rings (SSSR count). The van der Waals surface area contributed by atoms with E-state index in [2.05, 4.69) is 21.3 Å². The van der Waals surface area contributed by atoms with Gasteiger partial charge in [0.1, 0.15) is 6.04 Å². The van der Waals surface area contributed by atoms with Gasteiger partial charge in [-0.1, -0.05) is 37.0 Å². The Morgan fingerprint density at radius 3 is 2.31 bits per heavy atom. The molecular formula is C24H24Cl2N4O5. The molecule has 0 aromatic heterocycles. The van der Waals surface area contributed by atoms with Gasteiger partial charge in [-0.2, -0.15) is 0 Å². The standard InChI is InChI=1S/C24H24Cl2N4O5/c1-12(2)23(33)27-11-21(32)29-16-5-3-15(4-6-16)28-20(31)8-13-7-19(24(34)35)30-18-10-14(25)9-17(26)22(13)18/h3-6,8-10,12,19,30H,7,11H2,1-2H3,(H,27,33)(H,28,31)(H,29,32)(H,34,35)/b13-8+. The maximum Gasteiger partial charge on any atom is 0.326 e. The van der Waals surface area contributed by atoms with Gasteiger partial charge in [0.05, 0.1) is 11.6 Å². The molecule has 1 unspecified atom stereocenters. The maximum atomic E-state index is 12.7. The van der Waals surface area contributed by atoms with E-state index in [9.17, 15) is 24.3 Å². The number of nitrogens with one attached hydrogen (secondary N) is 4. The lowest BCUT2D eigenvalue weighted by molar-refractivity contribution is -0.137. The lowest BCUT2D eigenvalue weighted by atomic mass is 9.92. The molecule has 1 aliphatic heterocycles. The van der Waals surface area contributed by atoms with Gasteiger partial charge >= 0.3 is 5.97 Å². The van der Waals surface area contributed by atoms with Crippen LogP contribution in [0.4, 0.5) is 17.1 Å².